The van der Waals surface area contributed by atoms with Crippen molar-refractivity contribution >= 4 is 23.6 Å². The van der Waals surface area contributed by atoms with E-state index in [1.165, 1.54) is 16.7 Å². The van der Waals surface area contributed by atoms with Gasteiger partial charge in [0.2, 0.25) is 0 Å². The molecule has 19 heavy (non-hydrogen) atoms. The van der Waals surface area contributed by atoms with Crippen LogP contribution in [0.1, 0.15) is 31.1 Å². The Morgan fingerprint density at radius 3 is 2.53 bits per heavy atom. The predicted octanol–water partition coefficient (Wildman–Crippen LogP) is 2.13. The Bertz CT molecular complexity index is 483. The molecule has 0 aromatic carbocycles. The standard InChI is InChI=1S/C13H18N2O3S/c1-13(2,3)15(8-10(16)17)12(18)9-6-5-7-14-11(9)19-4/h5-7H,8H2,1-4H3,(H,16,17). The summed E-state index contributed by atoms with van der Waals surface area (Å²) in [5, 5.41) is 9.56. The Kier molecular flexibility index (Phi) is 4.94. The molecular formula is C13H18N2O3S. The molecular weight excluding hydrogens is 264 g/mol. The highest BCUT2D eigenvalue weighted by Crippen LogP contribution is 2.22. The van der Waals surface area contributed by atoms with Crippen molar-refractivity contribution in [2.75, 3.05) is 12.8 Å². The Balaban J connectivity index is 3.16. The number of amides is 1. The number of rotatable bonds is 4. The van der Waals surface area contributed by atoms with Gasteiger partial charge in [-0.2, -0.15) is 0 Å². The zero-order valence-corrected chi connectivity index (χ0v) is 12.3. The van der Waals surface area contributed by atoms with E-state index in [1.54, 1.807) is 18.3 Å². The van der Waals surface area contributed by atoms with Crippen LogP contribution in [0.25, 0.3) is 0 Å². The number of carboxylic acid groups (broad SMARTS) is 1. The molecule has 0 bridgehead atoms. The summed E-state index contributed by atoms with van der Waals surface area (Å²) >= 11 is 1.36. The number of carbonyl (C=O) groups excluding carboxylic acids is 1. The second-order valence-corrected chi connectivity index (χ2v) is 5.81. The maximum Gasteiger partial charge on any atom is 0.323 e. The molecule has 6 heteroatoms. The molecule has 0 unspecified atom stereocenters. The number of aromatic nitrogens is 1. The third kappa shape index (κ3) is 3.96. The predicted molar refractivity (Wildman–Crippen MR) is 74.4 cm³/mol. The van der Waals surface area contributed by atoms with E-state index >= 15 is 0 Å². The van der Waals surface area contributed by atoms with Crippen molar-refractivity contribution in [1.82, 2.24) is 9.88 Å². The Hall–Kier alpha value is -1.56. The molecule has 1 amide bonds. The van der Waals surface area contributed by atoms with E-state index in [9.17, 15) is 9.59 Å². The van der Waals surface area contributed by atoms with Crippen molar-refractivity contribution in [2.24, 2.45) is 0 Å². The smallest absolute Gasteiger partial charge is 0.323 e. The van der Waals surface area contributed by atoms with Crippen LogP contribution < -0.4 is 0 Å². The van der Waals surface area contributed by atoms with Crippen LogP contribution in [0.3, 0.4) is 0 Å². The summed E-state index contributed by atoms with van der Waals surface area (Å²) in [5.41, 5.74) is -0.132. The van der Waals surface area contributed by atoms with Gasteiger partial charge in [-0.05, 0) is 39.2 Å². The second kappa shape index (κ2) is 6.06. The lowest BCUT2D eigenvalue weighted by Gasteiger charge is -2.34. The molecule has 5 nitrogen and oxygen atoms in total. The molecule has 1 heterocycles. The fourth-order valence-corrected chi connectivity index (χ4v) is 2.15. The Morgan fingerprint density at radius 2 is 2.05 bits per heavy atom. The van der Waals surface area contributed by atoms with Crippen molar-refractivity contribution in [2.45, 2.75) is 31.3 Å². The summed E-state index contributed by atoms with van der Waals surface area (Å²) in [6.45, 7) is 5.10. The number of carbonyl (C=O) groups is 2. The number of hydrogen-bond acceptors (Lipinski definition) is 4. The van der Waals surface area contributed by atoms with Crippen LogP contribution in [-0.2, 0) is 4.79 Å². The Morgan fingerprint density at radius 1 is 1.42 bits per heavy atom. The minimum atomic E-state index is -1.03. The van der Waals surface area contributed by atoms with Gasteiger partial charge in [0.15, 0.2) is 0 Å². The fraction of sp³-hybridized carbons (Fsp3) is 0.462. The molecule has 0 aliphatic carbocycles. The van der Waals surface area contributed by atoms with Crippen molar-refractivity contribution in [3.63, 3.8) is 0 Å². The van der Waals surface area contributed by atoms with Crippen molar-refractivity contribution in [1.29, 1.82) is 0 Å². The second-order valence-electron chi connectivity index (χ2n) is 5.02. The lowest BCUT2D eigenvalue weighted by atomic mass is 10.0. The maximum absolute atomic E-state index is 12.5. The van der Waals surface area contributed by atoms with Crippen LogP contribution >= 0.6 is 11.8 Å². The molecule has 0 spiro atoms. The van der Waals surface area contributed by atoms with Gasteiger partial charge in [-0.3, -0.25) is 9.59 Å². The van der Waals surface area contributed by atoms with E-state index in [0.717, 1.165) is 0 Å². The average Bonchev–Trinajstić information content (AvgIpc) is 2.33. The largest absolute Gasteiger partial charge is 0.480 e. The third-order valence-corrected chi connectivity index (χ3v) is 3.26. The third-order valence-electron chi connectivity index (χ3n) is 2.54. The summed E-state index contributed by atoms with van der Waals surface area (Å²) in [7, 11) is 0. The summed E-state index contributed by atoms with van der Waals surface area (Å²) in [5.74, 6) is -1.34. The van der Waals surface area contributed by atoms with Gasteiger partial charge in [-0.25, -0.2) is 4.98 Å². The minimum Gasteiger partial charge on any atom is -0.480 e. The molecule has 0 atom stereocenters. The van der Waals surface area contributed by atoms with E-state index in [-0.39, 0.29) is 12.5 Å². The zero-order chi connectivity index (χ0) is 14.6. The molecule has 0 saturated heterocycles. The molecule has 1 aromatic heterocycles. The number of thioether (sulfide) groups is 1. The zero-order valence-electron chi connectivity index (χ0n) is 11.5. The molecule has 0 radical (unpaired) electrons. The fourth-order valence-electron chi connectivity index (χ4n) is 1.61. The molecule has 104 valence electrons. The number of aliphatic carboxylic acids is 1. The SMILES string of the molecule is CSc1ncccc1C(=O)N(CC(=O)O)C(C)(C)C. The lowest BCUT2D eigenvalue weighted by Crippen LogP contribution is -2.48. The van der Waals surface area contributed by atoms with Gasteiger partial charge >= 0.3 is 5.97 Å². The lowest BCUT2D eigenvalue weighted by molar-refractivity contribution is -0.138. The summed E-state index contributed by atoms with van der Waals surface area (Å²) < 4.78 is 0. The monoisotopic (exact) mass is 282 g/mol. The van der Waals surface area contributed by atoms with E-state index in [1.807, 2.05) is 27.0 Å². The first kappa shape index (κ1) is 15.5. The minimum absolute atomic E-state index is 0.313. The van der Waals surface area contributed by atoms with Crippen LogP contribution in [0.5, 0.6) is 0 Å². The van der Waals surface area contributed by atoms with Crippen LogP contribution in [0.4, 0.5) is 0 Å². The summed E-state index contributed by atoms with van der Waals surface area (Å²) in [4.78, 5) is 28.9. The number of nitrogens with zero attached hydrogens (tertiary/aromatic N) is 2. The number of hydrogen-bond donors (Lipinski definition) is 1. The van der Waals surface area contributed by atoms with Crippen LogP contribution in [-0.4, -0.2) is 45.2 Å². The summed E-state index contributed by atoms with van der Waals surface area (Å²) in [6.07, 6.45) is 3.44. The molecule has 1 rings (SSSR count). The molecule has 0 aliphatic rings. The first-order valence-corrected chi connectivity index (χ1v) is 7.02. The maximum atomic E-state index is 12.5. The normalized spacial score (nSPS) is 11.2. The summed E-state index contributed by atoms with van der Waals surface area (Å²) in [6, 6.07) is 3.34. The van der Waals surface area contributed by atoms with E-state index in [0.29, 0.717) is 10.6 Å². The highest BCUT2D eigenvalue weighted by Gasteiger charge is 2.30. The topological polar surface area (TPSA) is 70.5 Å². The average molecular weight is 282 g/mol. The van der Waals surface area contributed by atoms with Gasteiger partial charge in [0.1, 0.15) is 11.6 Å². The van der Waals surface area contributed by atoms with Gasteiger partial charge in [-0.15, -0.1) is 11.8 Å². The quantitative estimate of drug-likeness (QED) is 0.857. The number of carboxylic acids is 1. The van der Waals surface area contributed by atoms with E-state index in [4.69, 9.17) is 5.11 Å². The van der Waals surface area contributed by atoms with E-state index in [2.05, 4.69) is 4.98 Å². The van der Waals surface area contributed by atoms with Gasteiger partial charge in [-0.1, -0.05) is 0 Å². The van der Waals surface area contributed by atoms with Crippen molar-refractivity contribution in [3.05, 3.63) is 23.9 Å². The first-order valence-electron chi connectivity index (χ1n) is 5.80. The van der Waals surface area contributed by atoms with Crippen molar-refractivity contribution in [3.8, 4) is 0 Å². The molecule has 0 fully saturated rings. The van der Waals surface area contributed by atoms with Gasteiger partial charge in [0, 0.05) is 11.7 Å². The molecule has 1 aromatic rings. The van der Waals surface area contributed by atoms with Crippen molar-refractivity contribution < 1.29 is 14.7 Å². The van der Waals surface area contributed by atoms with Crippen LogP contribution in [0.2, 0.25) is 0 Å². The number of pyridine rings is 1. The Labute approximate surface area is 117 Å². The van der Waals surface area contributed by atoms with Gasteiger partial charge in [0.25, 0.3) is 5.91 Å². The molecule has 0 saturated carbocycles. The first-order chi connectivity index (χ1) is 8.77. The molecule has 1 N–H and O–H groups in total. The van der Waals surface area contributed by atoms with E-state index < -0.39 is 11.5 Å². The van der Waals surface area contributed by atoms with Gasteiger partial charge in [0.05, 0.1) is 5.56 Å². The highest BCUT2D eigenvalue weighted by molar-refractivity contribution is 7.98. The van der Waals surface area contributed by atoms with Crippen LogP contribution in [0.15, 0.2) is 23.4 Å². The molecule has 0 aliphatic heterocycles. The highest BCUT2D eigenvalue weighted by atomic mass is 32.2. The van der Waals surface area contributed by atoms with Crippen LogP contribution in [0, 0.1) is 0 Å². The van der Waals surface area contributed by atoms with Gasteiger partial charge < -0.3 is 10.0 Å².